The van der Waals surface area contributed by atoms with Gasteiger partial charge in [-0.15, -0.1) is 0 Å². The fourth-order valence-electron chi connectivity index (χ4n) is 1.97. The molecule has 2 aromatic rings. The number of aromatic hydroxyl groups is 1. The van der Waals surface area contributed by atoms with E-state index in [-0.39, 0.29) is 10.6 Å². The minimum atomic E-state index is -3.48. The number of hydrogen-bond acceptors (Lipinski definition) is 4. The number of hydrogen-bond donors (Lipinski definition) is 3. The summed E-state index contributed by atoms with van der Waals surface area (Å²) in [5.74, 6) is 0.209. The Bertz CT molecular complexity index is 742. The van der Waals surface area contributed by atoms with E-state index in [2.05, 4.69) is 10.0 Å². The molecule has 3 N–H and O–H groups in total. The Morgan fingerprint density at radius 1 is 1.14 bits per heavy atom. The Labute approximate surface area is 124 Å². The normalized spacial score (nSPS) is 11.3. The smallest absolute Gasteiger partial charge is 0.240 e. The SMILES string of the molecule is CNS(=O)(=O)c1cc(NCc2ccccc2O)ccc1C. The van der Waals surface area contributed by atoms with Crippen molar-refractivity contribution in [2.45, 2.75) is 18.4 Å². The molecule has 0 atom stereocenters. The van der Waals surface area contributed by atoms with E-state index in [1.807, 2.05) is 18.2 Å². The molecule has 0 amide bonds. The highest BCUT2D eigenvalue weighted by Crippen LogP contribution is 2.22. The standard InChI is InChI=1S/C15H18N2O3S/c1-11-7-8-13(9-15(11)21(19,20)16-2)17-10-12-5-3-4-6-14(12)18/h3-9,16-18H,10H2,1-2H3. The number of anilines is 1. The summed E-state index contributed by atoms with van der Waals surface area (Å²) < 4.78 is 26.2. The lowest BCUT2D eigenvalue weighted by molar-refractivity contribution is 0.469. The van der Waals surface area contributed by atoms with E-state index in [4.69, 9.17) is 0 Å². The largest absolute Gasteiger partial charge is 0.508 e. The van der Waals surface area contributed by atoms with Gasteiger partial charge in [0.25, 0.3) is 0 Å². The Morgan fingerprint density at radius 3 is 2.52 bits per heavy atom. The van der Waals surface area contributed by atoms with Crippen LogP contribution in [-0.4, -0.2) is 20.6 Å². The van der Waals surface area contributed by atoms with Gasteiger partial charge >= 0.3 is 0 Å². The lowest BCUT2D eigenvalue weighted by Crippen LogP contribution is -2.19. The van der Waals surface area contributed by atoms with Crippen LogP contribution in [0.3, 0.4) is 0 Å². The van der Waals surface area contributed by atoms with Gasteiger partial charge in [-0.05, 0) is 37.7 Å². The number of para-hydroxylation sites is 1. The van der Waals surface area contributed by atoms with Crippen LogP contribution < -0.4 is 10.0 Å². The number of rotatable bonds is 5. The van der Waals surface area contributed by atoms with Gasteiger partial charge in [-0.25, -0.2) is 13.1 Å². The van der Waals surface area contributed by atoms with Crippen LogP contribution in [0.5, 0.6) is 5.75 Å². The second kappa shape index (κ2) is 6.15. The molecular formula is C15H18N2O3S. The Kier molecular flexibility index (Phi) is 4.50. The van der Waals surface area contributed by atoms with Crippen molar-refractivity contribution in [3.63, 3.8) is 0 Å². The minimum absolute atomic E-state index is 0.209. The van der Waals surface area contributed by atoms with E-state index in [0.29, 0.717) is 17.8 Å². The number of nitrogens with one attached hydrogen (secondary N) is 2. The zero-order valence-corrected chi connectivity index (χ0v) is 12.7. The maximum absolute atomic E-state index is 11.9. The van der Waals surface area contributed by atoms with Crippen LogP contribution in [0.25, 0.3) is 0 Å². The number of aryl methyl sites for hydroxylation is 1. The highest BCUT2D eigenvalue weighted by molar-refractivity contribution is 7.89. The number of sulfonamides is 1. The first kappa shape index (κ1) is 15.3. The van der Waals surface area contributed by atoms with Crippen molar-refractivity contribution in [1.82, 2.24) is 4.72 Å². The molecule has 0 bridgehead atoms. The molecule has 112 valence electrons. The van der Waals surface area contributed by atoms with Gasteiger partial charge in [0.15, 0.2) is 0 Å². The van der Waals surface area contributed by atoms with Gasteiger partial charge < -0.3 is 10.4 Å². The predicted octanol–water partition coefficient (Wildman–Crippen LogP) is 2.22. The molecule has 0 aromatic heterocycles. The fraction of sp³-hybridized carbons (Fsp3) is 0.200. The van der Waals surface area contributed by atoms with E-state index in [1.54, 1.807) is 31.2 Å². The van der Waals surface area contributed by atoms with Crippen LogP contribution in [0, 0.1) is 6.92 Å². The molecule has 0 saturated heterocycles. The summed E-state index contributed by atoms with van der Waals surface area (Å²) in [4.78, 5) is 0.243. The van der Waals surface area contributed by atoms with E-state index in [9.17, 15) is 13.5 Å². The first-order valence-corrected chi connectivity index (χ1v) is 7.97. The van der Waals surface area contributed by atoms with Crippen LogP contribution in [0.15, 0.2) is 47.4 Å². The molecule has 21 heavy (non-hydrogen) atoms. The highest BCUT2D eigenvalue weighted by atomic mass is 32.2. The monoisotopic (exact) mass is 306 g/mol. The number of benzene rings is 2. The molecule has 0 aliphatic carbocycles. The summed E-state index contributed by atoms with van der Waals surface area (Å²) in [6, 6.07) is 12.2. The van der Waals surface area contributed by atoms with Gasteiger partial charge in [0.2, 0.25) is 10.0 Å². The van der Waals surface area contributed by atoms with Crippen molar-refractivity contribution in [3.05, 3.63) is 53.6 Å². The van der Waals surface area contributed by atoms with Crippen molar-refractivity contribution < 1.29 is 13.5 Å². The Hall–Kier alpha value is -2.05. The molecule has 5 nitrogen and oxygen atoms in total. The van der Waals surface area contributed by atoms with Crippen molar-refractivity contribution in [3.8, 4) is 5.75 Å². The molecule has 0 unspecified atom stereocenters. The first-order chi connectivity index (χ1) is 9.94. The maximum Gasteiger partial charge on any atom is 0.240 e. The molecule has 0 saturated carbocycles. The quantitative estimate of drug-likeness (QED) is 0.791. The van der Waals surface area contributed by atoms with Gasteiger partial charge in [-0.3, -0.25) is 0 Å². The molecular weight excluding hydrogens is 288 g/mol. The lowest BCUT2D eigenvalue weighted by atomic mass is 10.2. The van der Waals surface area contributed by atoms with E-state index >= 15 is 0 Å². The van der Waals surface area contributed by atoms with Crippen molar-refractivity contribution in [2.75, 3.05) is 12.4 Å². The molecule has 2 aromatic carbocycles. The fourth-order valence-corrected chi connectivity index (χ4v) is 2.96. The van der Waals surface area contributed by atoms with Crippen LogP contribution in [-0.2, 0) is 16.6 Å². The van der Waals surface area contributed by atoms with Crippen molar-refractivity contribution in [2.24, 2.45) is 0 Å². The summed E-state index contributed by atoms with van der Waals surface area (Å²) in [5, 5.41) is 12.8. The minimum Gasteiger partial charge on any atom is -0.508 e. The topological polar surface area (TPSA) is 78.4 Å². The van der Waals surface area contributed by atoms with Crippen LogP contribution in [0.1, 0.15) is 11.1 Å². The average molecular weight is 306 g/mol. The van der Waals surface area contributed by atoms with Gasteiger partial charge in [-0.2, -0.15) is 0 Å². The van der Waals surface area contributed by atoms with Gasteiger partial charge in [-0.1, -0.05) is 24.3 Å². The van der Waals surface area contributed by atoms with E-state index in [1.165, 1.54) is 7.05 Å². The zero-order valence-electron chi connectivity index (χ0n) is 11.9. The summed E-state index contributed by atoms with van der Waals surface area (Å²) in [6.07, 6.45) is 0. The average Bonchev–Trinajstić information content (AvgIpc) is 2.47. The van der Waals surface area contributed by atoms with Crippen molar-refractivity contribution in [1.29, 1.82) is 0 Å². The molecule has 0 aliphatic heterocycles. The maximum atomic E-state index is 11.9. The van der Waals surface area contributed by atoms with Gasteiger partial charge in [0.1, 0.15) is 5.75 Å². The van der Waals surface area contributed by atoms with Crippen molar-refractivity contribution >= 4 is 15.7 Å². The van der Waals surface area contributed by atoms with Gasteiger partial charge in [0.05, 0.1) is 4.90 Å². The third-order valence-corrected chi connectivity index (χ3v) is 4.78. The molecule has 6 heteroatoms. The van der Waals surface area contributed by atoms with Crippen LogP contribution in [0.4, 0.5) is 5.69 Å². The molecule has 0 spiro atoms. The molecule has 0 radical (unpaired) electrons. The second-order valence-electron chi connectivity index (χ2n) is 4.67. The summed E-state index contributed by atoms with van der Waals surface area (Å²) >= 11 is 0. The Balaban J connectivity index is 2.23. The van der Waals surface area contributed by atoms with E-state index in [0.717, 1.165) is 5.56 Å². The zero-order chi connectivity index (χ0) is 15.5. The molecule has 0 aliphatic rings. The first-order valence-electron chi connectivity index (χ1n) is 6.49. The molecule has 0 fully saturated rings. The number of phenolic OH excluding ortho intramolecular Hbond substituents is 1. The molecule has 0 heterocycles. The Morgan fingerprint density at radius 2 is 1.86 bits per heavy atom. The predicted molar refractivity (Wildman–Crippen MR) is 82.9 cm³/mol. The van der Waals surface area contributed by atoms with Crippen LogP contribution in [0.2, 0.25) is 0 Å². The summed E-state index contributed by atoms with van der Waals surface area (Å²) in [5.41, 5.74) is 2.10. The second-order valence-corrected chi connectivity index (χ2v) is 6.53. The third-order valence-electron chi connectivity index (χ3n) is 3.22. The summed E-state index contributed by atoms with van der Waals surface area (Å²) in [7, 11) is -2.10. The summed E-state index contributed by atoms with van der Waals surface area (Å²) in [6.45, 7) is 2.16. The van der Waals surface area contributed by atoms with Crippen LogP contribution >= 0.6 is 0 Å². The van der Waals surface area contributed by atoms with Gasteiger partial charge in [0, 0.05) is 17.8 Å². The number of phenols is 1. The van der Waals surface area contributed by atoms with E-state index < -0.39 is 10.0 Å². The lowest BCUT2D eigenvalue weighted by Gasteiger charge is -2.11. The molecule has 2 rings (SSSR count). The third kappa shape index (κ3) is 3.53. The highest BCUT2D eigenvalue weighted by Gasteiger charge is 2.15.